The Labute approximate surface area is 513 Å². The number of anilines is 6. The second-order valence-corrected chi connectivity index (χ2v) is 22.9. The Balaban J connectivity index is 0.843. The van der Waals surface area contributed by atoms with Gasteiger partial charge in [0, 0.05) is 44.6 Å². The van der Waals surface area contributed by atoms with Crippen LogP contribution < -0.4 is 9.80 Å². The average molecular weight is 1120 g/mol. The van der Waals surface area contributed by atoms with Gasteiger partial charge < -0.3 is 9.80 Å². The van der Waals surface area contributed by atoms with Gasteiger partial charge in [-0.05, 0) is 184 Å². The van der Waals surface area contributed by atoms with Crippen LogP contribution in [0.5, 0.6) is 0 Å². The zero-order valence-corrected chi connectivity index (χ0v) is 48.5. The van der Waals surface area contributed by atoms with Gasteiger partial charge in [-0.2, -0.15) is 0 Å². The second-order valence-electron chi connectivity index (χ2n) is 22.9. The highest BCUT2D eigenvalue weighted by molar-refractivity contribution is 6.24. The van der Waals surface area contributed by atoms with Crippen molar-refractivity contribution in [3.05, 3.63) is 344 Å². The van der Waals surface area contributed by atoms with E-state index in [0.717, 1.165) is 79.6 Å². The van der Waals surface area contributed by atoms with Crippen molar-refractivity contribution in [2.45, 2.75) is 12.8 Å². The van der Waals surface area contributed by atoms with Crippen molar-refractivity contribution in [1.82, 2.24) is 0 Å². The molecule has 1 aliphatic rings. The number of hydrogen-bond donors (Lipinski definition) is 0. The average Bonchev–Trinajstić information content (AvgIpc) is 1.02. The lowest BCUT2D eigenvalue weighted by Gasteiger charge is -2.28. The van der Waals surface area contributed by atoms with E-state index < -0.39 is 0 Å². The minimum absolute atomic E-state index is 0.992. The molecule has 15 aromatic rings. The second kappa shape index (κ2) is 22.5. The highest BCUT2D eigenvalue weighted by Crippen LogP contribution is 2.47. The van der Waals surface area contributed by atoms with Gasteiger partial charge in [0.05, 0.1) is 11.4 Å². The maximum atomic E-state index is 3.83. The van der Waals surface area contributed by atoms with E-state index in [1.807, 2.05) is 0 Å². The number of fused-ring (bicyclic) bond motifs is 10. The van der Waals surface area contributed by atoms with Crippen LogP contribution >= 0.6 is 0 Å². The SMILES string of the molecule is C(#Cc1cc2c3ccccc3c(N(c3ccc(-c4ccccc4)cc3)c3ccc(-c4ccccc4)cc3)cc2c2ccccc12)c1cc2c3ccccc3c(N(c3ccc(C4=CC=CCC4)cc3)c3ccc(-c4ccccc4)cc3)cc2c2ccccc12. The molecular weight excluding hydrogens is 1060 g/mol. The monoisotopic (exact) mass is 1120 g/mol. The molecule has 1 aliphatic carbocycles. The molecule has 0 radical (unpaired) electrons. The topological polar surface area (TPSA) is 6.48 Å². The Bertz CT molecular complexity index is 5180. The quantitative estimate of drug-likeness (QED) is 0.0995. The molecule has 0 aliphatic heterocycles. The van der Waals surface area contributed by atoms with Crippen molar-refractivity contribution in [1.29, 1.82) is 0 Å². The van der Waals surface area contributed by atoms with E-state index in [4.69, 9.17) is 0 Å². The summed E-state index contributed by atoms with van der Waals surface area (Å²) in [6.07, 6.45) is 8.81. The number of benzene rings is 15. The van der Waals surface area contributed by atoms with Gasteiger partial charge in [0.2, 0.25) is 0 Å². The van der Waals surface area contributed by atoms with E-state index in [2.05, 4.69) is 349 Å². The Morgan fingerprint density at radius 3 is 0.864 bits per heavy atom. The Kier molecular flexibility index (Phi) is 13.3. The van der Waals surface area contributed by atoms with E-state index in [1.165, 1.54) is 87.6 Å². The molecule has 0 saturated heterocycles. The molecule has 0 heterocycles. The third-order valence-corrected chi connectivity index (χ3v) is 17.7. The Hall–Kier alpha value is -11.5. The van der Waals surface area contributed by atoms with Crippen molar-refractivity contribution in [3.8, 4) is 45.2 Å². The molecule has 88 heavy (non-hydrogen) atoms. The molecule has 0 aromatic heterocycles. The zero-order chi connectivity index (χ0) is 58.3. The molecule has 0 saturated carbocycles. The van der Waals surface area contributed by atoms with E-state index >= 15 is 0 Å². The van der Waals surface area contributed by atoms with Gasteiger partial charge >= 0.3 is 0 Å². The highest BCUT2D eigenvalue weighted by Gasteiger charge is 2.22. The molecule has 2 nitrogen and oxygen atoms in total. The molecule has 412 valence electrons. The summed E-state index contributed by atoms with van der Waals surface area (Å²) in [7, 11) is 0. The van der Waals surface area contributed by atoms with Gasteiger partial charge in [-0.3, -0.25) is 0 Å². The minimum atomic E-state index is 0.992. The number of allylic oxidation sites excluding steroid dienone is 4. The van der Waals surface area contributed by atoms with Crippen LogP contribution in [0.15, 0.2) is 328 Å². The highest BCUT2D eigenvalue weighted by atomic mass is 15.1. The van der Waals surface area contributed by atoms with Crippen molar-refractivity contribution in [2.24, 2.45) is 0 Å². The molecule has 16 rings (SSSR count). The summed E-state index contributed by atoms with van der Waals surface area (Å²) in [5, 5.41) is 13.9. The minimum Gasteiger partial charge on any atom is -0.310 e. The lowest BCUT2D eigenvalue weighted by molar-refractivity contribution is 1.05. The summed E-state index contributed by atoms with van der Waals surface area (Å²) in [6.45, 7) is 0. The molecule has 0 fully saturated rings. The number of rotatable bonds is 10. The van der Waals surface area contributed by atoms with Crippen LogP contribution in [0.25, 0.3) is 104 Å². The first-order valence-corrected chi connectivity index (χ1v) is 30.4. The van der Waals surface area contributed by atoms with Gasteiger partial charge in [-0.15, -0.1) is 0 Å². The van der Waals surface area contributed by atoms with Gasteiger partial charge in [-0.1, -0.05) is 267 Å². The van der Waals surface area contributed by atoms with Gasteiger partial charge in [0.15, 0.2) is 0 Å². The summed E-state index contributed by atoms with van der Waals surface area (Å²) in [5.41, 5.74) is 18.3. The summed E-state index contributed by atoms with van der Waals surface area (Å²) < 4.78 is 0. The van der Waals surface area contributed by atoms with E-state index in [-0.39, 0.29) is 0 Å². The predicted molar refractivity (Wildman–Crippen MR) is 376 cm³/mol. The van der Waals surface area contributed by atoms with Crippen molar-refractivity contribution < 1.29 is 0 Å². The van der Waals surface area contributed by atoms with Crippen LogP contribution in [-0.2, 0) is 0 Å². The maximum Gasteiger partial charge on any atom is 0.0546 e. The molecule has 0 N–H and O–H groups in total. The molecule has 2 heteroatoms. The summed E-state index contributed by atoms with van der Waals surface area (Å²) in [5.74, 6) is 7.67. The lowest BCUT2D eigenvalue weighted by atomic mass is 9.91. The fourth-order valence-electron chi connectivity index (χ4n) is 13.4. The predicted octanol–water partition coefficient (Wildman–Crippen LogP) is 23.7. The molecular formula is C86H58N2. The Morgan fingerprint density at radius 2 is 0.523 bits per heavy atom. The summed E-state index contributed by atoms with van der Waals surface area (Å²) >= 11 is 0. The van der Waals surface area contributed by atoms with Crippen molar-refractivity contribution >= 4 is 104 Å². The first-order chi connectivity index (χ1) is 43.6. The van der Waals surface area contributed by atoms with Crippen LogP contribution in [0.1, 0.15) is 29.5 Å². The van der Waals surface area contributed by atoms with Gasteiger partial charge in [0.1, 0.15) is 0 Å². The first kappa shape index (κ1) is 52.1. The standard InChI is InChI=1S/C86H58N2/c1-5-21-59(22-6-1)63-39-47-69(48-40-63)87(70-49-41-64(42-50-70)60-23-7-2-8-24-60)85-57-83-75-31-15-13-29-73(75)67(55-81(83)77-33-17-19-35-79(77)85)37-38-68-56-82-78-34-18-20-36-80(78)86(58-84(82)76-32-16-14-30-74(68)76)88(71-51-43-65(44-52-71)61-25-9-3-10-26-61)72-53-45-66(46-54-72)62-27-11-4-12-28-62/h1-11,13-27,29-36,39-58H,12,28H2. The fourth-order valence-corrected chi connectivity index (χ4v) is 13.4. The summed E-state index contributed by atoms with van der Waals surface area (Å²) in [4.78, 5) is 4.87. The Morgan fingerprint density at radius 1 is 0.239 bits per heavy atom. The first-order valence-electron chi connectivity index (χ1n) is 30.4. The van der Waals surface area contributed by atoms with Crippen LogP contribution in [0.3, 0.4) is 0 Å². The van der Waals surface area contributed by atoms with Crippen molar-refractivity contribution in [2.75, 3.05) is 9.80 Å². The van der Waals surface area contributed by atoms with Gasteiger partial charge in [-0.25, -0.2) is 0 Å². The maximum absolute atomic E-state index is 3.83. The fraction of sp³-hybridized carbons (Fsp3) is 0.0233. The van der Waals surface area contributed by atoms with E-state index in [0.29, 0.717) is 0 Å². The van der Waals surface area contributed by atoms with Crippen LogP contribution in [-0.4, -0.2) is 0 Å². The largest absolute Gasteiger partial charge is 0.310 e. The van der Waals surface area contributed by atoms with Crippen LogP contribution in [0.2, 0.25) is 0 Å². The third-order valence-electron chi connectivity index (χ3n) is 17.7. The smallest absolute Gasteiger partial charge is 0.0546 e. The molecule has 0 bridgehead atoms. The summed E-state index contributed by atoms with van der Waals surface area (Å²) in [6, 6.07) is 113. The number of hydrogen-bond acceptors (Lipinski definition) is 2. The molecule has 0 spiro atoms. The lowest BCUT2D eigenvalue weighted by Crippen LogP contribution is -2.11. The molecule has 0 atom stereocenters. The number of nitrogens with zero attached hydrogens (tertiary/aromatic N) is 2. The van der Waals surface area contributed by atoms with Crippen LogP contribution in [0, 0.1) is 11.8 Å². The van der Waals surface area contributed by atoms with E-state index in [1.54, 1.807) is 0 Å². The van der Waals surface area contributed by atoms with E-state index in [9.17, 15) is 0 Å². The van der Waals surface area contributed by atoms with Crippen molar-refractivity contribution in [3.63, 3.8) is 0 Å². The molecule has 0 amide bonds. The zero-order valence-electron chi connectivity index (χ0n) is 48.5. The van der Waals surface area contributed by atoms with Crippen LogP contribution in [0.4, 0.5) is 34.1 Å². The van der Waals surface area contributed by atoms with Gasteiger partial charge in [0.25, 0.3) is 0 Å². The third kappa shape index (κ3) is 9.53. The molecule has 0 unspecified atom stereocenters. The normalized spacial score (nSPS) is 12.2. The molecule has 15 aromatic carbocycles.